The third-order valence-electron chi connectivity index (χ3n) is 6.28. The Hall–Kier alpha value is -3.89. The van der Waals surface area contributed by atoms with Gasteiger partial charge < -0.3 is 19.4 Å². The summed E-state index contributed by atoms with van der Waals surface area (Å²) in [4.78, 5) is 26.4. The third-order valence-corrected chi connectivity index (χ3v) is 6.84. The van der Waals surface area contributed by atoms with Crippen molar-refractivity contribution in [1.29, 1.82) is 0 Å². The number of Topliss-reactive ketones (excluding diaryl/α,β-unsaturated/α-hetero) is 1. The monoisotopic (exact) mass is 576 g/mol. The number of aliphatic carboxylic acids is 1. The molecular weight excluding hydrogens is 554 g/mol. The summed E-state index contributed by atoms with van der Waals surface area (Å²) in [7, 11) is 1.35. The fraction of sp³-hybridized carbons (Fsp3) is 0.0968. The second-order valence-electron chi connectivity index (χ2n) is 8.88. The van der Waals surface area contributed by atoms with Crippen LogP contribution in [0.4, 0.5) is 4.39 Å². The molecule has 0 saturated heterocycles. The van der Waals surface area contributed by atoms with Crippen LogP contribution in [0.25, 0.3) is 16.6 Å². The van der Waals surface area contributed by atoms with E-state index in [1.54, 1.807) is 48.5 Å². The van der Waals surface area contributed by atoms with Gasteiger partial charge in [-0.3, -0.25) is 4.79 Å². The number of hydrogen-bond acceptors (Lipinski definition) is 8. The van der Waals surface area contributed by atoms with Gasteiger partial charge in [-0.25, -0.2) is 4.39 Å². The number of ether oxygens (including phenoxy) is 2. The van der Waals surface area contributed by atoms with Crippen LogP contribution in [-0.2, 0) is 17.8 Å². The smallest absolute Gasteiger partial charge is 0.545 e. The van der Waals surface area contributed by atoms with E-state index in [1.165, 1.54) is 19.2 Å². The number of carbonyl (C=O) groups is 2. The molecule has 10 heteroatoms. The molecule has 5 aromatic rings. The van der Waals surface area contributed by atoms with Crippen LogP contribution in [0.5, 0.6) is 11.5 Å². The molecule has 0 aliphatic carbocycles. The van der Waals surface area contributed by atoms with E-state index in [2.05, 4.69) is 8.75 Å². The number of nitrogens with zero attached hydrogens (tertiary/aromatic N) is 2. The number of halogens is 1. The van der Waals surface area contributed by atoms with Crippen LogP contribution in [0.3, 0.4) is 0 Å². The molecule has 1 aromatic heterocycles. The first-order valence-corrected chi connectivity index (χ1v) is 13.0. The van der Waals surface area contributed by atoms with Crippen molar-refractivity contribution in [3.8, 4) is 11.5 Å². The van der Waals surface area contributed by atoms with Gasteiger partial charge in [0.15, 0.2) is 17.3 Å². The summed E-state index contributed by atoms with van der Waals surface area (Å²) in [6.07, 6.45) is -0.164. The molecule has 1 heterocycles. The van der Waals surface area contributed by atoms with E-state index in [-0.39, 0.29) is 64.0 Å². The van der Waals surface area contributed by atoms with Gasteiger partial charge in [0, 0.05) is 23.1 Å². The molecule has 0 amide bonds. The molecule has 0 fully saturated rings. The summed E-state index contributed by atoms with van der Waals surface area (Å²) >= 11 is 0.993. The largest absolute Gasteiger partial charge is 1.00 e. The summed E-state index contributed by atoms with van der Waals surface area (Å²) < 4.78 is 33.6. The Kier molecular flexibility index (Phi) is 10.0. The van der Waals surface area contributed by atoms with Gasteiger partial charge in [-0.05, 0) is 65.2 Å². The van der Waals surface area contributed by atoms with E-state index < -0.39 is 17.6 Å². The molecular formula is C31H22FN2NaO5S. The molecule has 7 nitrogen and oxygen atoms in total. The molecule has 0 radical (unpaired) electrons. The van der Waals surface area contributed by atoms with E-state index in [9.17, 15) is 19.1 Å². The number of benzene rings is 4. The molecule has 0 bridgehead atoms. The van der Waals surface area contributed by atoms with Crippen molar-refractivity contribution in [3.05, 3.63) is 125 Å². The van der Waals surface area contributed by atoms with Gasteiger partial charge in [0.1, 0.15) is 23.4 Å². The maximum absolute atomic E-state index is 14.5. The Morgan fingerprint density at radius 3 is 2.24 bits per heavy atom. The first-order valence-electron chi connectivity index (χ1n) is 12.2. The second kappa shape index (κ2) is 13.6. The number of carbonyl (C=O) groups excluding carboxylic acids is 2. The quantitative estimate of drug-likeness (QED) is 0.143. The zero-order chi connectivity index (χ0) is 28.1. The van der Waals surface area contributed by atoms with Crippen molar-refractivity contribution in [3.63, 3.8) is 0 Å². The minimum atomic E-state index is -1.54. The van der Waals surface area contributed by atoms with Crippen molar-refractivity contribution in [2.24, 2.45) is 0 Å². The van der Waals surface area contributed by atoms with Gasteiger partial charge in [0.25, 0.3) is 0 Å². The van der Waals surface area contributed by atoms with Gasteiger partial charge in [-0.2, -0.15) is 8.75 Å². The van der Waals surface area contributed by atoms with E-state index in [1.807, 2.05) is 30.3 Å². The summed E-state index contributed by atoms with van der Waals surface area (Å²) in [6.45, 7) is 0.352. The average molecular weight is 577 g/mol. The Labute approximate surface area is 261 Å². The molecule has 0 aliphatic heterocycles. The van der Waals surface area contributed by atoms with Gasteiger partial charge >= 0.3 is 29.6 Å². The van der Waals surface area contributed by atoms with Gasteiger partial charge in [-0.1, -0.05) is 42.5 Å². The minimum absolute atomic E-state index is 0. The Balaban J connectivity index is 0.00000387. The molecule has 5 rings (SSSR count). The zero-order valence-electron chi connectivity index (χ0n) is 22.3. The van der Waals surface area contributed by atoms with E-state index in [4.69, 9.17) is 9.47 Å². The Morgan fingerprint density at radius 1 is 0.854 bits per heavy atom. The predicted molar refractivity (Wildman–Crippen MR) is 148 cm³/mol. The summed E-state index contributed by atoms with van der Waals surface area (Å²) in [5, 5.41) is 12.5. The van der Waals surface area contributed by atoms with Crippen LogP contribution in [0.2, 0.25) is 0 Å². The van der Waals surface area contributed by atoms with Gasteiger partial charge in [0.05, 0.1) is 24.8 Å². The minimum Gasteiger partial charge on any atom is -0.545 e. The fourth-order valence-electron chi connectivity index (χ4n) is 4.28. The van der Waals surface area contributed by atoms with Crippen LogP contribution >= 0.6 is 11.7 Å². The van der Waals surface area contributed by atoms with E-state index in [0.717, 1.165) is 17.3 Å². The van der Waals surface area contributed by atoms with Crippen molar-refractivity contribution in [2.75, 3.05) is 7.11 Å². The van der Waals surface area contributed by atoms with Crippen LogP contribution in [0, 0.1) is 5.82 Å². The third kappa shape index (κ3) is 7.07. The summed E-state index contributed by atoms with van der Waals surface area (Å²) in [5.41, 5.74) is 2.58. The Bertz CT molecular complexity index is 1720. The number of rotatable bonds is 10. The van der Waals surface area contributed by atoms with Crippen LogP contribution in [-0.4, -0.2) is 27.6 Å². The number of carboxylic acid groups (broad SMARTS) is 1. The maximum atomic E-state index is 14.5. The number of hydrogen-bond donors (Lipinski definition) is 0. The SMILES string of the molecule is COc1ccc(CC(C(=O)c2ccc(OCc3ccccc3)cc2)=C(C(=O)[O-])c2ccc3nsnc3c2)cc1F.[Na+]. The predicted octanol–water partition coefficient (Wildman–Crippen LogP) is 2.05. The molecule has 0 spiro atoms. The molecule has 4 aromatic carbocycles. The topological polar surface area (TPSA) is 101 Å². The number of fused-ring (bicyclic) bond motifs is 1. The number of allylic oxidation sites excluding steroid dienone is 1. The molecule has 0 N–H and O–H groups in total. The zero-order valence-corrected chi connectivity index (χ0v) is 25.1. The van der Waals surface area contributed by atoms with Crippen LogP contribution in [0.1, 0.15) is 27.0 Å². The number of carboxylic acids is 1. The van der Waals surface area contributed by atoms with Crippen molar-refractivity contribution in [2.45, 2.75) is 13.0 Å². The second-order valence-corrected chi connectivity index (χ2v) is 9.41. The molecule has 0 aliphatic rings. The molecule has 0 saturated carbocycles. The van der Waals surface area contributed by atoms with Gasteiger partial charge in [0.2, 0.25) is 0 Å². The average Bonchev–Trinajstić information content (AvgIpc) is 3.44. The first-order chi connectivity index (χ1) is 19.4. The van der Waals surface area contributed by atoms with Crippen molar-refractivity contribution >= 4 is 40.1 Å². The molecule has 0 atom stereocenters. The first kappa shape index (κ1) is 30.1. The van der Waals surface area contributed by atoms with E-state index in [0.29, 0.717) is 29.0 Å². The van der Waals surface area contributed by atoms with E-state index >= 15 is 0 Å². The van der Waals surface area contributed by atoms with Crippen LogP contribution < -0.4 is 44.1 Å². The standard InChI is InChI=1S/C31H23FN2O5S.Na/c1-38-28-14-7-20(16-25(28)32)15-24(29(31(36)37)22-10-13-26-27(17-22)34-40-33-26)30(35)21-8-11-23(12-9-21)39-18-19-5-3-2-4-6-19;/h2-14,16-17H,15,18H2,1H3,(H,36,37);/q;+1/p-1. The number of methoxy groups -OCH3 is 1. The van der Waals surface area contributed by atoms with Gasteiger partial charge in [-0.15, -0.1) is 0 Å². The summed E-state index contributed by atoms with van der Waals surface area (Å²) in [6, 6.07) is 25.0. The summed E-state index contributed by atoms with van der Waals surface area (Å²) in [5.74, 6) is -2.13. The van der Waals surface area contributed by atoms with Crippen molar-refractivity contribution in [1.82, 2.24) is 8.75 Å². The molecule has 200 valence electrons. The number of ketones is 1. The maximum Gasteiger partial charge on any atom is 1.00 e. The molecule has 0 unspecified atom stereocenters. The normalized spacial score (nSPS) is 11.4. The van der Waals surface area contributed by atoms with Crippen LogP contribution in [0.15, 0.2) is 96.6 Å². The van der Waals surface area contributed by atoms with Crippen molar-refractivity contribution < 1.29 is 58.1 Å². The molecule has 41 heavy (non-hydrogen) atoms. The fourth-order valence-corrected chi connectivity index (χ4v) is 4.79. The number of aromatic nitrogens is 2. The Morgan fingerprint density at radius 2 is 1.56 bits per heavy atom.